The highest BCUT2D eigenvalue weighted by Crippen LogP contribution is 2.42. The number of oxime groups is 1. The van der Waals surface area contributed by atoms with Crippen molar-refractivity contribution in [2.24, 2.45) is 11.0 Å². The fraction of sp³-hybridized carbons (Fsp3) is 0.286. The van der Waals surface area contributed by atoms with Gasteiger partial charge >= 0.3 is 12.1 Å². The second kappa shape index (κ2) is 11.8. The number of carbonyl (C=O) groups is 4. The lowest BCUT2D eigenvalue weighted by atomic mass is 10.1. The minimum Gasteiger partial charge on any atom is -0.449 e. The number of aromatic nitrogens is 5. The van der Waals surface area contributed by atoms with Gasteiger partial charge in [0.05, 0.1) is 0 Å². The van der Waals surface area contributed by atoms with Crippen molar-refractivity contribution < 1.29 is 33.9 Å². The zero-order valence-corrected chi connectivity index (χ0v) is 24.1. The summed E-state index contributed by atoms with van der Waals surface area (Å²) in [5, 5.41) is 21.5. The van der Waals surface area contributed by atoms with Gasteiger partial charge in [-0.05, 0) is 13.0 Å². The Labute approximate surface area is 247 Å². The smallest absolute Gasteiger partial charge is 0.449 e. The molecule has 2 aliphatic heterocycles. The summed E-state index contributed by atoms with van der Waals surface area (Å²) in [4.78, 5) is 67.9. The summed E-state index contributed by atoms with van der Waals surface area (Å²) in [7, 11) is 1.26. The standard InChI is InChI=1S/C21H21N11O7S3/c1-7-3-10(32-20(24-7)27-13(29-32)15(34)28-23)40-4-8-5-41-18-12(16(35)31(18)17(8)39-21(36)37)26-14(33)11(30-38-2)9-6-42-19(22)25-9/h3,6,12,18H,4-5,23H2,1-2H3,(H2,22,25)(H,26,33)(H,28,34)(H,36,37)/b30-11-/t12-,18-/m1/s1. The summed E-state index contributed by atoms with van der Waals surface area (Å²) < 4.78 is 6.41. The van der Waals surface area contributed by atoms with Gasteiger partial charge in [-0.3, -0.25) is 24.7 Å². The molecular weight excluding hydrogens is 615 g/mol. The molecule has 5 rings (SSSR count). The maximum atomic E-state index is 13.2. The van der Waals surface area contributed by atoms with E-state index in [2.05, 4.69) is 30.5 Å². The fourth-order valence-corrected chi connectivity index (χ4v) is 7.04. The average molecular weight is 636 g/mol. The van der Waals surface area contributed by atoms with Crippen LogP contribution in [0.15, 0.2) is 33.1 Å². The molecule has 0 spiro atoms. The normalized spacial score (nSPS) is 18.4. The van der Waals surface area contributed by atoms with Gasteiger partial charge in [-0.2, -0.15) is 9.50 Å². The molecule has 0 saturated carbocycles. The van der Waals surface area contributed by atoms with E-state index < -0.39 is 35.3 Å². The van der Waals surface area contributed by atoms with Gasteiger partial charge in [0.15, 0.2) is 10.8 Å². The van der Waals surface area contributed by atoms with Gasteiger partial charge in [-0.25, -0.2) is 20.6 Å². The molecule has 3 aromatic rings. The van der Waals surface area contributed by atoms with Gasteiger partial charge in [0.1, 0.15) is 29.2 Å². The second-order valence-electron chi connectivity index (χ2n) is 8.48. The number of rotatable bonds is 9. The number of hydrogen-bond donors (Lipinski definition) is 5. The van der Waals surface area contributed by atoms with Gasteiger partial charge < -0.3 is 25.7 Å². The Balaban J connectivity index is 1.36. The molecule has 1 saturated heterocycles. The lowest BCUT2D eigenvalue weighted by Crippen LogP contribution is -2.70. The van der Waals surface area contributed by atoms with E-state index >= 15 is 0 Å². The van der Waals surface area contributed by atoms with Crippen LogP contribution in [0, 0.1) is 6.92 Å². The third-order valence-corrected chi connectivity index (χ3v) is 8.85. The maximum Gasteiger partial charge on any atom is 0.512 e. The van der Waals surface area contributed by atoms with E-state index in [-0.39, 0.29) is 45.5 Å². The first-order valence-corrected chi connectivity index (χ1v) is 14.6. The van der Waals surface area contributed by atoms with Crippen LogP contribution in [0.1, 0.15) is 22.0 Å². The third kappa shape index (κ3) is 5.53. The number of nitrogens with one attached hydrogen (secondary N) is 2. The minimum atomic E-state index is -1.61. The SMILES string of the molecule is CO/N=C(\C(=O)N[C@@H]1C(=O)N2C(OC(=O)O)=C(CSc3cc(C)nc4nc(C(=O)NN)nn34)CS[C@H]12)c1csc(N)n1. The largest absolute Gasteiger partial charge is 0.512 e. The van der Waals surface area contributed by atoms with E-state index in [4.69, 9.17) is 21.2 Å². The fourth-order valence-electron chi connectivity index (χ4n) is 3.99. The molecule has 5 heterocycles. The van der Waals surface area contributed by atoms with Gasteiger partial charge in [-0.15, -0.1) is 40.0 Å². The molecule has 21 heteroatoms. The number of hydrogen-bond acceptors (Lipinski definition) is 16. The first kappa shape index (κ1) is 29.0. The van der Waals surface area contributed by atoms with Crippen molar-refractivity contribution in [3.8, 4) is 0 Å². The number of thiazole rings is 1. The predicted molar refractivity (Wildman–Crippen MR) is 149 cm³/mol. The number of nitrogens with zero attached hydrogens (tertiary/aromatic N) is 7. The Bertz CT molecular complexity index is 1670. The van der Waals surface area contributed by atoms with Crippen molar-refractivity contribution in [2.75, 3.05) is 24.3 Å². The number of nitrogen functional groups attached to an aromatic ring is 2. The van der Waals surface area contributed by atoms with Crippen LogP contribution in [0.25, 0.3) is 5.78 Å². The zero-order chi connectivity index (χ0) is 30.1. The molecular formula is C21H21N11O7S3. The molecule has 0 radical (unpaired) electrons. The van der Waals surface area contributed by atoms with E-state index in [1.807, 2.05) is 5.43 Å². The summed E-state index contributed by atoms with van der Waals surface area (Å²) >= 11 is 3.66. The van der Waals surface area contributed by atoms with Gasteiger partial charge in [-0.1, -0.05) is 5.16 Å². The zero-order valence-electron chi connectivity index (χ0n) is 21.6. The van der Waals surface area contributed by atoms with Crippen LogP contribution in [0.5, 0.6) is 0 Å². The van der Waals surface area contributed by atoms with Crippen LogP contribution in [-0.4, -0.2) is 94.2 Å². The van der Waals surface area contributed by atoms with Crippen molar-refractivity contribution in [1.82, 2.24) is 40.2 Å². The van der Waals surface area contributed by atoms with Crippen LogP contribution in [0.2, 0.25) is 0 Å². The molecule has 1 fully saturated rings. The topological polar surface area (TPSA) is 255 Å². The van der Waals surface area contributed by atoms with Crippen molar-refractivity contribution >= 4 is 75.4 Å². The summed E-state index contributed by atoms with van der Waals surface area (Å²) in [5.41, 5.74) is 8.72. The second-order valence-corrected chi connectivity index (χ2v) is 11.5. The van der Waals surface area contributed by atoms with Crippen LogP contribution >= 0.6 is 34.9 Å². The lowest BCUT2D eigenvalue weighted by Gasteiger charge is -2.49. The molecule has 0 aromatic carbocycles. The van der Waals surface area contributed by atoms with E-state index in [1.54, 1.807) is 13.0 Å². The molecule has 220 valence electrons. The molecule has 18 nitrogen and oxygen atoms in total. The number of β-lactam (4-membered cyclic amide) rings is 1. The number of fused-ring (bicyclic) bond motifs is 2. The predicted octanol–water partition coefficient (Wildman–Crippen LogP) is -0.476. The Morgan fingerprint density at radius 2 is 2.10 bits per heavy atom. The highest BCUT2D eigenvalue weighted by atomic mass is 32.2. The van der Waals surface area contributed by atoms with Gasteiger partial charge in [0.2, 0.25) is 11.7 Å². The number of carbonyl (C=O) groups excluding carboxylic acids is 3. The first-order valence-electron chi connectivity index (χ1n) is 11.7. The van der Waals surface area contributed by atoms with Crippen LogP contribution in [0.3, 0.4) is 0 Å². The molecule has 2 atom stereocenters. The summed E-state index contributed by atoms with van der Waals surface area (Å²) in [5.74, 6) is 3.49. The van der Waals surface area contributed by atoms with E-state index in [0.717, 1.165) is 11.3 Å². The van der Waals surface area contributed by atoms with Gasteiger partial charge in [0.25, 0.3) is 17.6 Å². The van der Waals surface area contributed by atoms with Crippen molar-refractivity contribution in [1.29, 1.82) is 0 Å². The van der Waals surface area contributed by atoms with E-state index in [1.165, 1.54) is 45.4 Å². The number of ether oxygens (including phenoxy) is 1. The molecule has 42 heavy (non-hydrogen) atoms. The highest BCUT2D eigenvalue weighted by molar-refractivity contribution is 8.01. The Morgan fingerprint density at radius 1 is 1.31 bits per heavy atom. The number of nitrogens with two attached hydrogens (primary N) is 2. The van der Waals surface area contributed by atoms with Crippen LogP contribution in [0.4, 0.5) is 9.93 Å². The number of aryl methyl sites for hydroxylation is 1. The molecule has 7 N–H and O–H groups in total. The molecule has 3 aromatic heterocycles. The summed E-state index contributed by atoms with van der Waals surface area (Å²) in [6, 6.07) is 0.718. The number of anilines is 1. The molecule has 0 aliphatic carbocycles. The monoisotopic (exact) mass is 635 g/mol. The van der Waals surface area contributed by atoms with Crippen molar-refractivity contribution in [3.05, 3.63) is 40.1 Å². The number of thioether (sulfide) groups is 2. The van der Waals surface area contributed by atoms with E-state index in [0.29, 0.717) is 16.3 Å². The molecule has 3 amide bonds. The van der Waals surface area contributed by atoms with Gasteiger partial charge in [0, 0.05) is 28.2 Å². The number of hydrazine groups is 1. The number of amides is 3. The van der Waals surface area contributed by atoms with Crippen LogP contribution < -0.4 is 22.3 Å². The Hall–Kier alpha value is -4.47. The molecule has 2 aliphatic rings. The number of carboxylic acid groups (broad SMARTS) is 1. The van der Waals surface area contributed by atoms with Crippen LogP contribution in [-0.2, 0) is 19.2 Å². The third-order valence-electron chi connectivity index (χ3n) is 5.76. The Kier molecular flexibility index (Phi) is 8.15. The summed E-state index contributed by atoms with van der Waals surface area (Å²) in [6.45, 7) is 1.74. The highest BCUT2D eigenvalue weighted by Gasteiger charge is 2.54. The molecule has 0 bridgehead atoms. The van der Waals surface area contributed by atoms with Crippen molar-refractivity contribution in [3.63, 3.8) is 0 Å². The van der Waals surface area contributed by atoms with Crippen molar-refractivity contribution in [2.45, 2.75) is 23.4 Å². The molecule has 0 unspecified atom stereocenters. The first-order chi connectivity index (χ1) is 20.1. The Morgan fingerprint density at radius 3 is 2.76 bits per heavy atom. The average Bonchev–Trinajstić information content (AvgIpc) is 3.58. The quantitative estimate of drug-likeness (QED) is 0.0291. The van der Waals surface area contributed by atoms with E-state index in [9.17, 15) is 24.3 Å². The lowest BCUT2D eigenvalue weighted by molar-refractivity contribution is -0.148. The minimum absolute atomic E-state index is 0.142. The maximum absolute atomic E-state index is 13.2. The summed E-state index contributed by atoms with van der Waals surface area (Å²) in [6.07, 6.45) is -1.61.